The molecule has 7 heteroatoms. The molecular formula is C17H22N2O5. The summed E-state index contributed by atoms with van der Waals surface area (Å²) in [6.07, 6.45) is 0.188. The molecule has 130 valence electrons. The molecule has 0 unspecified atom stereocenters. The van der Waals surface area contributed by atoms with E-state index in [0.717, 1.165) is 5.56 Å². The first-order valence-corrected chi connectivity index (χ1v) is 7.69. The van der Waals surface area contributed by atoms with Crippen LogP contribution in [0, 0.1) is 5.92 Å². The number of carbonyl (C=O) groups is 1. The number of carbonyl (C=O) groups excluding carboxylic acids is 1. The van der Waals surface area contributed by atoms with Gasteiger partial charge < -0.3 is 20.4 Å². The number of ether oxygens (including phenoxy) is 1. The highest BCUT2D eigenvalue weighted by atomic mass is 16.5. The van der Waals surface area contributed by atoms with Crippen LogP contribution in [0.2, 0.25) is 0 Å². The van der Waals surface area contributed by atoms with Gasteiger partial charge in [0.15, 0.2) is 0 Å². The number of hydrogen-bond acceptors (Lipinski definition) is 4. The van der Waals surface area contributed by atoms with Crippen LogP contribution in [0.5, 0.6) is 0 Å². The summed E-state index contributed by atoms with van der Waals surface area (Å²) in [6.45, 7) is 3.56. The fraction of sp³-hybridized carbons (Fsp3) is 0.412. The van der Waals surface area contributed by atoms with Gasteiger partial charge in [-0.1, -0.05) is 30.3 Å². The summed E-state index contributed by atoms with van der Waals surface area (Å²) in [5.74, 6) is -1.88. The zero-order valence-electron chi connectivity index (χ0n) is 13.6. The Labute approximate surface area is 139 Å². The Morgan fingerprint density at radius 3 is 2.62 bits per heavy atom. The summed E-state index contributed by atoms with van der Waals surface area (Å²) in [5.41, 5.74) is 0.357. The fourth-order valence-corrected chi connectivity index (χ4v) is 3.51. The average Bonchev–Trinajstić information content (AvgIpc) is 2.86. The summed E-state index contributed by atoms with van der Waals surface area (Å²) < 4.78 is 5.18. The largest absolute Gasteiger partial charge is 0.466 e. The van der Waals surface area contributed by atoms with Gasteiger partial charge in [-0.3, -0.25) is 14.7 Å². The summed E-state index contributed by atoms with van der Waals surface area (Å²) in [5, 5.41) is 16.3. The molecule has 0 aliphatic heterocycles. The lowest BCUT2D eigenvalue weighted by Crippen LogP contribution is -2.50. The number of H-pyrrole nitrogens is 2. The number of nitrogens with one attached hydrogen (secondary N) is 2. The van der Waals surface area contributed by atoms with E-state index in [2.05, 4.69) is 10.2 Å². The van der Waals surface area contributed by atoms with E-state index in [-0.39, 0.29) is 24.1 Å². The Kier molecular flexibility index (Phi) is 4.96. The lowest BCUT2D eigenvalue weighted by Gasteiger charge is -2.40. The second-order valence-electron chi connectivity index (χ2n) is 6.12. The van der Waals surface area contributed by atoms with Crippen molar-refractivity contribution in [2.45, 2.75) is 31.8 Å². The highest BCUT2D eigenvalue weighted by molar-refractivity contribution is 5.77. The minimum absolute atomic E-state index is 0. The van der Waals surface area contributed by atoms with Gasteiger partial charge in [0.2, 0.25) is 0 Å². The van der Waals surface area contributed by atoms with Crippen molar-refractivity contribution >= 4 is 5.97 Å². The lowest BCUT2D eigenvalue weighted by molar-refractivity contribution is -0.159. The molecule has 0 saturated carbocycles. The van der Waals surface area contributed by atoms with Gasteiger partial charge in [0.25, 0.3) is 5.56 Å². The van der Waals surface area contributed by atoms with Gasteiger partial charge in [0, 0.05) is 23.6 Å². The van der Waals surface area contributed by atoms with E-state index in [1.165, 1.54) is 0 Å². The van der Waals surface area contributed by atoms with Crippen LogP contribution in [0.3, 0.4) is 0 Å². The van der Waals surface area contributed by atoms with Crippen molar-refractivity contribution in [3.8, 4) is 0 Å². The van der Waals surface area contributed by atoms with Crippen LogP contribution in [0.15, 0.2) is 35.1 Å². The Hall–Kier alpha value is -2.38. The van der Waals surface area contributed by atoms with Crippen LogP contribution in [0.25, 0.3) is 0 Å². The molecule has 5 N–H and O–H groups in total. The van der Waals surface area contributed by atoms with Crippen molar-refractivity contribution in [2.75, 3.05) is 6.61 Å². The molecule has 1 aliphatic carbocycles. The predicted molar refractivity (Wildman–Crippen MR) is 87.8 cm³/mol. The molecule has 0 saturated heterocycles. The maximum Gasteiger partial charge on any atom is 0.312 e. The minimum atomic E-state index is -1.31. The molecule has 0 amide bonds. The van der Waals surface area contributed by atoms with Crippen molar-refractivity contribution in [3.05, 3.63) is 57.5 Å². The Balaban J connectivity index is 0.00000208. The summed E-state index contributed by atoms with van der Waals surface area (Å²) in [4.78, 5) is 24.8. The molecule has 1 heterocycles. The minimum Gasteiger partial charge on any atom is -0.466 e. The molecule has 1 aliphatic rings. The summed E-state index contributed by atoms with van der Waals surface area (Å²) >= 11 is 0. The third-order valence-corrected chi connectivity index (χ3v) is 4.44. The highest BCUT2D eigenvalue weighted by Gasteiger charge is 2.51. The van der Waals surface area contributed by atoms with Crippen LogP contribution < -0.4 is 5.56 Å². The van der Waals surface area contributed by atoms with E-state index in [9.17, 15) is 14.7 Å². The molecule has 1 aromatic carbocycles. The molecule has 0 radical (unpaired) electrons. The number of aliphatic hydroxyl groups is 1. The Morgan fingerprint density at radius 1 is 1.33 bits per heavy atom. The highest BCUT2D eigenvalue weighted by Crippen LogP contribution is 2.44. The van der Waals surface area contributed by atoms with Crippen LogP contribution in [-0.2, 0) is 16.0 Å². The topological polar surface area (TPSA) is 127 Å². The number of aromatic nitrogens is 2. The number of fused-ring (bicyclic) bond motifs is 1. The van der Waals surface area contributed by atoms with Crippen LogP contribution >= 0.6 is 0 Å². The lowest BCUT2D eigenvalue weighted by atomic mass is 9.66. The zero-order chi connectivity index (χ0) is 16.6. The fourth-order valence-electron chi connectivity index (χ4n) is 3.51. The molecule has 3 atom stereocenters. The number of esters is 1. The molecule has 24 heavy (non-hydrogen) atoms. The Bertz CT molecular complexity index is 763. The summed E-state index contributed by atoms with van der Waals surface area (Å²) in [6, 6.07) is 9.28. The van der Waals surface area contributed by atoms with Gasteiger partial charge >= 0.3 is 5.97 Å². The predicted octanol–water partition coefficient (Wildman–Crippen LogP) is 0.497. The van der Waals surface area contributed by atoms with Gasteiger partial charge in [0.1, 0.15) is 0 Å². The third-order valence-electron chi connectivity index (χ3n) is 4.44. The maximum absolute atomic E-state index is 12.5. The molecule has 3 rings (SSSR count). The normalized spacial score (nSPS) is 25.5. The molecule has 0 spiro atoms. The number of benzene rings is 1. The average molecular weight is 334 g/mol. The van der Waals surface area contributed by atoms with Crippen molar-refractivity contribution in [1.29, 1.82) is 0 Å². The van der Waals surface area contributed by atoms with Crippen LogP contribution in [0.4, 0.5) is 0 Å². The SMILES string of the molecule is CCOC(=O)[C@H]1[C@H](c2ccccc2)c2c([nH][nH]c2=O)C[C@@]1(C)O.O. The number of rotatable bonds is 3. The van der Waals surface area contributed by atoms with Gasteiger partial charge in [-0.2, -0.15) is 0 Å². The van der Waals surface area contributed by atoms with Crippen molar-refractivity contribution in [1.82, 2.24) is 10.2 Å². The quantitative estimate of drug-likeness (QED) is 0.706. The molecule has 1 aromatic heterocycles. The van der Waals surface area contributed by atoms with Crippen LogP contribution in [0.1, 0.15) is 36.6 Å². The van der Waals surface area contributed by atoms with Gasteiger partial charge in [0.05, 0.1) is 18.1 Å². The molecular weight excluding hydrogens is 312 g/mol. The second-order valence-corrected chi connectivity index (χ2v) is 6.12. The third kappa shape index (κ3) is 2.88. The van der Waals surface area contributed by atoms with Crippen molar-refractivity contribution in [2.24, 2.45) is 5.92 Å². The van der Waals surface area contributed by atoms with Crippen molar-refractivity contribution < 1.29 is 20.1 Å². The van der Waals surface area contributed by atoms with E-state index < -0.39 is 23.4 Å². The molecule has 7 nitrogen and oxygen atoms in total. The molecule has 0 bridgehead atoms. The first-order chi connectivity index (χ1) is 11.0. The van der Waals surface area contributed by atoms with Crippen molar-refractivity contribution in [3.63, 3.8) is 0 Å². The van der Waals surface area contributed by atoms with E-state index in [1.807, 2.05) is 30.3 Å². The van der Waals surface area contributed by atoms with E-state index in [0.29, 0.717) is 11.3 Å². The Morgan fingerprint density at radius 2 is 2.00 bits per heavy atom. The maximum atomic E-state index is 12.5. The summed E-state index contributed by atoms with van der Waals surface area (Å²) in [7, 11) is 0. The number of hydrogen-bond donors (Lipinski definition) is 3. The first kappa shape index (κ1) is 18.0. The van der Waals surface area contributed by atoms with Gasteiger partial charge in [-0.15, -0.1) is 0 Å². The zero-order valence-corrected chi connectivity index (χ0v) is 13.6. The first-order valence-electron chi connectivity index (χ1n) is 7.69. The monoisotopic (exact) mass is 334 g/mol. The van der Waals surface area contributed by atoms with E-state index in [4.69, 9.17) is 4.74 Å². The van der Waals surface area contributed by atoms with Gasteiger partial charge in [-0.25, -0.2) is 0 Å². The van der Waals surface area contributed by atoms with Crippen LogP contribution in [-0.4, -0.2) is 39.0 Å². The second kappa shape index (κ2) is 6.62. The van der Waals surface area contributed by atoms with E-state index >= 15 is 0 Å². The number of aromatic amines is 2. The smallest absolute Gasteiger partial charge is 0.312 e. The standard InChI is InChI=1S/C17H20N2O4.H2O/c1-3-23-16(21)14-12(10-7-5-4-6-8-10)13-11(9-17(14,2)22)18-19-15(13)20;/h4-8,12,14,22H,3,9H2,1-2H3,(H2,18,19,20);1H2/t12-,14-,17-;/m1./s1. The van der Waals surface area contributed by atoms with E-state index in [1.54, 1.807) is 13.8 Å². The van der Waals surface area contributed by atoms with Gasteiger partial charge in [-0.05, 0) is 19.4 Å². The molecule has 0 fully saturated rings. The molecule has 2 aromatic rings.